The molecule has 2 aromatic rings. The number of Topliss-reactive ketones (excluding diaryl/α,β-unsaturated/α-hetero) is 1. The van der Waals surface area contributed by atoms with Crippen LogP contribution in [0.25, 0.3) is 11.2 Å². The highest BCUT2D eigenvalue weighted by molar-refractivity contribution is 5.75. The molecule has 0 amide bonds. The molecule has 0 saturated heterocycles. The number of carbonyl (C=O) groups is 1. The summed E-state index contributed by atoms with van der Waals surface area (Å²) in [7, 11) is 0. The predicted octanol–water partition coefficient (Wildman–Crippen LogP) is 1.86. The third-order valence-corrected chi connectivity index (χ3v) is 4.47. The van der Waals surface area contributed by atoms with Crippen molar-refractivity contribution >= 4 is 16.9 Å². The van der Waals surface area contributed by atoms with E-state index in [1.807, 2.05) is 11.5 Å². The van der Waals surface area contributed by atoms with E-state index in [-0.39, 0.29) is 23.1 Å². The maximum Gasteiger partial charge on any atom is 0.332 e. The predicted molar refractivity (Wildman–Crippen MR) is 91.3 cm³/mol. The summed E-state index contributed by atoms with van der Waals surface area (Å²) in [5.74, 6) is 0.134. The summed E-state index contributed by atoms with van der Waals surface area (Å²) in [5, 5.41) is 0. The molecule has 3 rings (SSSR count). The molecule has 7 nitrogen and oxygen atoms in total. The first kappa shape index (κ1) is 16.7. The first-order valence-electron chi connectivity index (χ1n) is 8.74. The van der Waals surface area contributed by atoms with Crippen LogP contribution in [-0.4, -0.2) is 24.5 Å². The summed E-state index contributed by atoms with van der Waals surface area (Å²) >= 11 is 0. The van der Waals surface area contributed by atoms with Crippen LogP contribution in [-0.2, 0) is 17.9 Å². The van der Waals surface area contributed by atoms with Gasteiger partial charge in [-0.1, -0.05) is 6.92 Å². The highest BCUT2D eigenvalue weighted by atomic mass is 16.2. The Bertz CT molecular complexity index is 870. The molecule has 0 aromatic carbocycles. The lowest BCUT2D eigenvalue weighted by atomic mass is 10.2. The Balaban J connectivity index is 2.04. The lowest BCUT2D eigenvalue weighted by Gasteiger charge is -2.11. The SMILES string of the molecule is CCCn1cnc2c1c(=O)n(CCCCC(C)=O)c(=O)n2C1CC1. The Labute approximate surface area is 139 Å². The number of aromatic nitrogens is 4. The monoisotopic (exact) mass is 332 g/mol. The Morgan fingerprint density at radius 1 is 1.25 bits per heavy atom. The Morgan fingerprint density at radius 2 is 2.00 bits per heavy atom. The molecule has 0 N–H and O–H groups in total. The molecule has 0 unspecified atom stereocenters. The average Bonchev–Trinajstić information content (AvgIpc) is 3.27. The molecular weight excluding hydrogens is 308 g/mol. The number of carbonyl (C=O) groups excluding carboxylic acids is 1. The first-order valence-corrected chi connectivity index (χ1v) is 8.74. The summed E-state index contributed by atoms with van der Waals surface area (Å²) in [6.07, 6.45) is 6.29. The van der Waals surface area contributed by atoms with E-state index >= 15 is 0 Å². The van der Waals surface area contributed by atoms with Gasteiger partial charge in [-0.15, -0.1) is 0 Å². The number of hydrogen-bond donors (Lipinski definition) is 0. The second-order valence-corrected chi connectivity index (χ2v) is 6.61. The normalized spacial score (nSPS) is 14.4. The summed E-state index contributed by atoms with van der Waals surface area (Å²) in [4.78, 5) is 41.0. The lowest BCUT2D eigenvalue weighted by molar-refractivity contribution is -0.117. The molecule has 0 aliphatic heterocycles. The molecule has 24 heavy (non-hydrogen) atoms. The molecule has 1 saturated carbocycles. The molecule has 1 fully saturated rings. The van der Waals surface area contributed by atoms with Gasteiger partial charge in [0.05, 0.1) is 6.33 Å². The second kappa shape index (κ2) is 6.75. The van der Waals surface area contributed by atoms with Gasteiger partial charge in [-0.3, -0.25) is 13.9 Å². The van der Waals surface area contributed by atoms with E-state index in [2.05, 4.69) is 4.98 Å². The number of unbranched alkanes of at least 4 members (excludes halogenated alkanes) is 1. The second-order valence-electron chi connectivity index (χ2n) is 6.61. The fourth-order valence-corrected chi connectivity index (χ4v) is 3.12. The van der Waals surface area contributed by atoms with Crippen LogP contribution in [0.15, 0.2) is 15.9 Å². The molecular formula is C17H24N4O3. The van der Waals surface area contributed by atoms with Crippen LogP contribution in [0, 0.1) is 0 Å². The van der Waals surface area contributed by atoms with Gasteiger partial charge in [-0.2, -0.15) is 0 Å². The van der Waals surface area contributed by atoms with Crippen molar-refractivity contribution in [2.24, 2.45) is 0 Å². The van der Waals surface area contributed by atoms with Crippen molar-refractivity contribution in [2.45, 2.75) is 71.5 Å². The molecule has 1 aliphatic rings. The number of rotatable bonds is 8. The summed E-state index contributed by atoms with van der Waals surface area (Å²) in [6, 6.07) is 0.161. The number of hydrogen-bond acceptors (Lipinski definition) is 4. The molecule has 0 atom stereocenters. The van der Waals surface area contributed by atoms with Crippen LogP contribution in [0.3, 0.4) is 0 Å². The van der Waals surface area contributed by atoms with E-state index in [0.717, 1.165) is 19.3 Å². The van der Waals surface area contributed by atoms with Gasteiger partial charge < -0.3 is 9.36 Å². The van der Waals surface area contributed by atoms with Crippen molar-refractivity contribution in [1.29, 1.82) is 0 Å². The molecule has 2 aromatic heterocycles. The zero-order chi connectivity index (χ0) is 17.3. The molecule has 0 spiro atoms. The van der Waals surface area contributed by atoms with Crippen molar-refractivity contribution < 1.29 is 4.79 Å². The van der Waals surface area contributed by atoms with Crippen molar-refractivity contribution in [3.8, 4) is 0 Å². The van der Waals surface area contributed by atoms with E-state index in [1.165, 1.54) is 4.57 Å². The fourth-order valence-electron chi connectivity index (χ4n) is 3.12. The zero-order valence-corrected chi connectivity index (χ0v) is 14.3. The van der Waals surface area contributed by atoms with Gasteiger partial charge in [0.1, 0.15) is 5.78 Å². The molecule has 7 heteroatoms. The van der Waals surface area contributed by atoms with Crippen molar-refractivity contribution in [3.05, 3.63) is 27.2 Å². The molecule has 0 bridgehead atoms. The van der Waals surface area contributed by atoms with E-state index < -0.39 is 0 Å². The number of aryl methyl sites for hydroxylation is 1. The number of nitrogens with zero attached hydrogens (tertiary/aromatic N) is 4. The van der Waals surface area contributed by atoms with Crippen molar-refractivity contribution in [3.63, 3.8) is 0 Å². The Morgan fingerprint density at radius 3 is 2.62 bits per heavy atom. The minimum Gasteiger partial charge on any atom is -0.325 e. The van der Waals surface area contributed by atoms with E-state index in [9.17, 15) is 14.4 Å². The minimum absolute atomic E-state index is 0.134. The van der Waals surface area contributed by atoms with Gasteiger partial charge in [-0.25, -0.2) is 9.78 Å². The van der Waals surface area contributed by atoms with Gasteiger partial charge in [0.15, 0.2) is 11.2 Å². The van der Waals surface area contributed by atoms with Crippen LogP contribution in [0.4, 0.5) is 0 Å². The van der Waals surface area contributed by atoms with Crippen molar-refractivity contribution in [2.75, 3.05) is 0 Å². The highest BCUT2D eigenvalue weighted by Crippen LogP contribution is 2.34. The third kappa shape index (κ3) is 3.07. The quantitative estimate of drug-likeness (QED) is 0.691. The maximum atomic E-state index is 12.9. The van der Waals surface area contributed by atoms with Gasteiger partial charge >= 0.3 is 5.69 Å². The largest absolute Gasteiger partial charge is 0.332 e. The summed E-state index contributed by atoms with van der Waals surface area (Å²) in [6.45, 7) is 4.66. The molecule has 130 valence electrons. The minimum atomic E-state index is -0.264. The zero-order valence-electron chi connectivity index (χ0n) is 14.3. The smallest absolute Gasteiger partial charge is 0.325 e. The average molecular weight is 332 g/mol. The summed E-state index contributed by atoms with van der Waals surface area (Å²) < 4.78 is 4.87. The van der Waals surface area contributed by atoms with Gasteiger partial charge in [0.2, 0.25) is 0 Å². The van der Waals surface area contributed by atoms with Crippen LogP contribution in [0.5, 0.6) is 0 Å². The van der Waals surface area contributed by atoms with Crippen LogP contribution >= 0.6 is 0 Å². The lowest BCUT2D eigenvalue weighted by Crippen LogP contribution is -2.40. The van der Waals surface area contributed by atoms with E-state index in [4.69, 9.17) is 0 Å². The number of imidazole rings is 1. The Hall–Kier alpha value is -2.18. The van der Waals surface area contributed by atoms with E-state index in [0.29, 0.717) is 43.5 Å². The molecule has 2 heterocycles. The maximum absolute atomic E-state index is 12.9. The van der Waals surface area contributed by atoms with Gasteiger partial charge in [0, 0.05) is 25.6 Å². The molecule has 1 aliphatic carbocycles. The van der Waals surface area contributed by atoms with E-state index in [1.54, 1.807) is 17.8 Å². The van der Waals surface area contributed by atoms with Gasteiger partial charge in [-0.05, 0) is 39.0 Å². The number of ketones is 1. The van der Waals surface area contributed by atoms with Crippen LogP contribution < -0.4 is 11.2 Å². The first-order chi connectivity index (χ1) is 11.5. The Kier molecular flexibility index (Phi) is 4.69. The fraction of sp³-hybridized carbons (Fsp3) is 0.647. The number of fused-ring (bicyclic) bond motifs is 1. The van der Waals surface area contributed by atoms with Crippen molar-refractivity contribution in [1.82, 2.24) is 18.7 Å². The third-order valence-electron chi connectivity index (χ3n) is 4.47. The van der Waals surface area contributed by atoms with Gasteiger partial charge in [0.25, 0.3) is 5.56 Å². The topological polar surface area (TPSA) is 78.9 Å². The highest BCUT2D eigenvalue weighted by Gasteiger charge is 2.30. The standard InChI is InChI=1S/C17H24N4O3/c1-3-9-19-11-18-15-14(19)16(23)20(10-5-4-6-12(2)22)17(24)21(15)13-7-8-13/h11,13H,3-10H2,1-2H3. The van der Waals surface area contributed by atoms with Crippen LogP contribution in [0.1, 0.15) is 58.4 Å². The summed E-state index contributed by atoms with van der Waals surface area (Å²) in [5.41, 5.74) is 0.510. The van der Waals surface area contributed by atoms with Crippen LogP contribution in [0.2, 0.25) is 0 Å². The molecule has 0 radical (unpaired) electrons.